The fraction of sp³-hybridized carbons (Fsp3) is 0.692. The van der Waals surface area contributed by atoms with Crippen LogP contribution in [0, 0.1) is 5.92 Å². The highest BCUT2D eigenvalue weighted by Crippen LogP contribution is 2.19. The number of hydrogen-bond donors (Lipinski definition) is 1. The summed E-state index contributed by atoms with van der Waals surface area (Å²) in [5.74, 6) is -0.554. The van der Waals surface area contributed by atoms with Crippen molar-refractivity contribution in [2.75, 3.05) is 0 Å². The van der Waals surface area contributed by atoms with Gasteiger partial charge in [0.05, 0.1) is 11.1 Å². The number of carboxylic acid groups (broad SMARTS) is 1. The van der Waals surface area contributed by atoms with Gasteiger partial charge < -0.3 is 9.84 Å². The molecule has 0 saturated heterocycles. The third-order valence-electron chi connectivity index (χ3n) is 5.58. The summed E-state index contributed by atoms with van der Waals surface area (Å²) in [5, 5.41) is 9.00. The van der Waals surface area contributed by atoms with Crippen LogP contribution in [-0.2, 0) is 4.74 Å². The molecule has 1 unspecified atom stereocenters. The molecule has 0 aliphatic heterocycles. The number of carbonyl (C=O) groups excluding carboxylic acids is 1. The van der Waals surface area contributed by atoms with Crippen molar-refractivity contribution in [3.8, 4) is 0 Å². The van der Waals surface area contributed by atoms with E-state index in [9.17, 15) is 9.59 Å². The Balaban J connectivity index is 2.46. The zero-order valence-electron chi connectivity index (χ0n) is 19.3. The predicted molar refractivity (Wildman–Crippen MR) is 123 cm³/mol. The Hall–Kier alpha value is -1.84. The smallest absolute Gasteiger partial charge is 0.338 e. The first kappa shape index (κ1) is 26.2. The summed E-state index contributed by atoms with van der Waals surface area (Å²) in [5.41, 5.74) is 0.598. The average molecular weight is 419 g/mol. The van der Waals surface area contributed by atoms with Crippen LogP contribution in [0.5, 0.6) is 0 Å². The monoisotopic (exact) mass is 418 g/mol. The summed E-state index contributed by atoms with van der Waals surface area (Å²) in [7, 11) is 0. The Kier molecular flexibility index (Phi) is 13.9. The molecule has 0 saturated carbocycles. The number of carboxylic acids is 1. The van der Waals surface area contributed by atoms with Crippen LogP contribution in [0.1, 0.15) is 125 Å². The van der Waals surface area contributed by atoms with Crippen LogP contribution < -0.4 is 0 Å². The van der Waals surface area contributed by atoms with Crippen molar-refractivity contribution in [1.82, 2.24) is 0 Å². The zero-order valence-corrected chi connectivity index (χ0v) is 19.3. The predicted octanol–water partition coefficient (Wildman–Crippen LogP) is 7.66. The SMILES string of the molecule is CCCCCCCC(CCCCCCCC(C)C)OC(=O)c1ccc(C(=O)O)cc1. The Bertz CT molecular complexity index is 592. The number of rotatable bonds is 17. The summed E-state index contributed by atoms with van der Waals surface area (Å²) in [6, 6.07) is 5.99. The van der Waals surface area contributed by atoms with E-state index in [1.54, 1.807) is 12.1 Å². The van der Waals surface area contributed by atoms with Gasteiger partial charge in [-0.15, -0.1) is 0 Å². The van der Waals surface area contributed by atoms with Gasteiger partial charge in [0.1, 0.15) is 6.10 Å². The van der Waals surface area contributed by atoms with E-state index in [1.165, 1.54) is 69.9 Å². The number of ether oxygens (including phenoxy) is 1. The van der Waals surface area contributed by atoms with Gasteiger partial charge in [0.25, 0.3) is 0 Å². The maximum Gasteiger partial charge on any atom is 0.338 e. The molecule has 0 aliphatic rings. The quantitative estimate of drug-likeness (QED) is 0.208. The van der Waals surface area contributed by atoms with Gasteiger partial charge in [-0.2, -0.15) is 0 Å². The van der Waals surface area contributed by atoms with Crippen molar-refractivity contribution in [3.63, 3.8) is 0 Å². The first-order chi connectivity index (χ1) is 14.4. The molecule has 0 heterocycles. The normalized spacial score (nSPS) is 12.1. The van der Waals surface area contributed by atoms with E-state index in [2.05, 4.69) is 20.8 Å². The second kappa shape index (κ2) is 15.9. The van der Waals surface area contributed by atoms with Crippen molar-refractivity contribution in [2.24, 2.45) is 5.92 Å². The molecule has 0 radical (unpaired) electrons. The molecule has 0 bridgehead atoms. The van der Waals surface area contributed by atoms with Gasteiger partial charge in [-0.1, -0.05) is 78.6 Å². The topological polar surface area (TPSA) is 63.6 Å². The molecule has 4 heteroatoms. The maximum atomic E-state index is 12.5. The molecule has 4 nitrogen and oxygen atoms in total. The number of hydrogen-bond acceptors (Lipinski definition) is 3. The molecule has 1 aromatic rings. The van der Waals surface area contributed by atoms with Crippen molar-refractivity contribution < 1.29 is 19.4 Å². The van der Waals surface area contributed by atoms with Crippen molar-refractivity contribution in [3.05, 3.63) is 35.4 Å². The minimum atomic E-state index is -0.992. The molecule has 0 aromatic heterocycles. The Morgan fingerprint density at radius 2 is 1.23 bits per heavy atom. The van der Waals surface area contributed by atoms with Crippen molar-refractivity contribution in [1.29, 1.82) is 0 Å². The van der Waals surface area contributed by atoms with Gasteiger partial charge in [-0.25, -0.2) is 9.59 Å². The summed E-state index contributed by atoms with van der Waals surface area (Å²) in [6.45, 7) is 6.75. The third-order valence-corrected chi connectivity index (χ3v) is 5.58. The lowest BCUT2D eigenvalue weighted by atomic mass is 10.0. The largest absolute Gasteiger partial charge is 0.478 e. The lowest BCUT2D eigenvalue weighted by molar-refractivity contribution is 0.0248. The van der Waals surface area contributed by atoms with Crippen molar-refractivity contribution >= 4 is 11.9 Å². The number of carbonyl (C=O) groups is 2. The Labute approximate surface area is 183 Å². The van der Waals surface area contributed by atoms with E-state index < -0.39 is 5.97 Å². The lowest BCUT2D eigenvalue weighted by Crippen LogP contribution is -2.18. The highest BCUT2D eigenvalue weighted by atomic mass is 16.5. The standard InChI is InChI=1S/C26H42O4/c1-4-5-6-8-12-15-24(16-13-10-7-9-11-14-21(2)3)30-26(29)23-19-17-22(18-20-23)25(27)28/h17-21,24H,4-16H2,1-3H3,(H,27,28). The number of benzene rings is 1. The Morgan fingerprint density at radius 1 is 0.767 bits per heavy atom. The van der Waals surface area contributed by atoms with Gasteiger partial charge in [-0.3, -0.25) is 0 Å². The second-order valence-corrected chi connectivity index (χ2v) is 8.85. The summed E-state index contributed by atoms with van der Waals surface area (Å²) in [4.78, 5) is 23.5. The summed E-state index contributed by atoms with van der Waals surface area (Å²) >= 11 is 0. The average Bonchev–Trinajstić information content (AvgIpc) is 2.72. The van der Waals surface area contributed by atoms with Crippen LogP contribution in [0.25, 0.3) is 0 Å². The minimum Gasteiger partial charge on any atom is -0.478 e. The maximum absolute atomic E-state index is 12.5. The van der Waals surface area contributed by atoms with Crippen LogP contribution in [0.4, 0.5) is 0 Å². The molecular weight excluding hydrogens is 376 g/mol. The molecule has 0 aliphatic carbocycles. The van der Waals surface area contributed by atoms with E-state index >= 15 is 0 Å². The highest BCUT2D eigenvalue weighted by molar-refractivity contribution is 5.92. The molecular formula is C26H42O4. The van der Waals surface area contributed by atoms with E-state index in [0.29, 0.717) is 5.56 Å². The summed E-state index contributed by atoms with van der Waals surface area (Å²) < 4.78 is 5.82. The van der Waals surface area contributed by atoms with Gasteiger partial charge in [0, 0.05) is 0 Å². The van der Waals surface area contributed by atoms with Gasteiger partial charge in [0.2, 0.25) is 0 Å². The number of unbranched alkanes of at least 4 members (excludes halogenated alkanes) is 8. The van der Waals surface area contributed by atoms with Crippen LogP contribution in [-0.4, -0.2) is 23.1 Å². The summed E-state index contributed by atoms with van der Waals surface area (Å²) in [6.07, 6.45) is 15.2. The molecule has 1 aromatic carbocycles. The van der Waals surface area contributed by atoms with Gasteiger partial charge in [-0.05, 0) is 55.9 Å². The van der Waals surface area contributed by atoms with Gasteiger partial charge >= 0.3 is 11.9 Å². The van der Waals surface area contributed by atoms with Crippen LogP contribution in [0.2, 0.25) is 0 Å². The second-order valence-electron chi connectivity index (χ2n) is 8.85. The van der Waals surface area contributed by atoms with E-state index in [0.717, 1.165) is 31.6 Å². The zero-order chi connectivity index (χ0) is 22.2. The minimum absolute atomic E-state index is 0.0473. The number of esters is 1. The van der Waals surface area contributed by atoms with Gasteiger partial charge in [0.15, 0.2) is 0 Å². The van der Waals surface area contributed by atoms with Crippen LogP contribution >= 0.6 is 0 Å². The Morgan fingerprint density at radius 3 is 1.73 bits per heavy atom. The first-order valence-electron chi connectivity index (χ1n) is 12.0. The molecule has 0 fully saturated rings. The van der Waals surface area contributed by atoms with Crippen LogP contribution in [0.3, 0.4) is 0 Å². The van der Waals surface area contributed by atoms with Crippen LogP contribution in [0.15, 0.2) is 24.3 Å². The lowest BCUT2D eigenvalue weighted by Gasteiger charge is -2.18. The molecule has 1 N–H and O–H groups in total. The van der Waals surface area contributed by atoms with E-state index in [1.807, 2.05) is 0 Å². The fourth-order valence-corrected chi connectivity index (χ4v) is 3.66. The fourth-order valence-electron chi connectivity index (χ4n) is 3.66. The molecule has 170 valence electrons. The molecule has 0 amide bonds. The molecule has 1 rings (SSSR count). The molecule has 1 atom stereocenters. The molecule has 30 heavy (non-hydrogen) atoms. The number of aromatic carboxylic acids is 1. The highest BCUT2D eigenvalue weighted by Gasteiger charge is 2.16. The van der Waals surface area contributed by atoms with E-state index in [-0.39, 0.29) is 17.6 Å². The molecule has 0 spiro atoms. The van der Waals surface area contributed by atoms with E-state index in [4.69, 9.17) is 9.84 Å². The first-order valence-corrected chi connectivity index (χ1v) is 12.0. The van der Waals surface area contributed by atoms with Crippen molar-refractivity contribution in [2.45, 2.75) is 110 Å². The third kappa shape index (κ3) is 12.0.